The fourth-order valence-corrected chi connectivity index (χ4v) is 2.49. The predicted molar refractivity (Wildman–Crippen MR) is 65.8 cm³/mol. The van der Waals surface area contributed by atoms with E-state index < -0.39 is 5.91 Å². The van der Waals surface area contributed by atoms with E-state index in [0.717, 1.165) is 23.1 Å². The van der Waals surface area contributed by atoms with Gasteiger partial charge in [-0.15, -0.1) is 0 Å². The van der Waals surface area contributed by atoms with Crippen molar-refractivity contribution in [3.05, 3.63) is 41.2 Å². The van der Waals surface area contributed by atoms with Crippen molar-refractivity contribution in [1.82, 2.24) is 0 Å². The molecule has 0 aromatic heterocycles. The lowest BCUT2D eigenvalue weighted by Gasteiger charge is -2.14. The number of benzene rings is 1. The molecule has 0 saturated heterocycles. The number of carbonyl (C=O) groups is 1. The monoisotopic (exact) mass is 233 g/mol. The number of halogens is 1. The Hall–Kier alpha value is -1.64. The first kappa shape index (κ1) is 11.8. The zero-order valence-electron chi connectivity index (χ0n) is 10.0. The minimum Gasteiger partial charge on any atom is -0.366 e. The van der Waals surface area contributed by atoms with Gasteiger partial charge < -0.3 is 5.73 Å². The van der Waals surface area contributed by atoms with Crippen LogP contribution in [-0.2, 0) is 4.79 Å². The number of rotatable bonds is 2. The topological polar surface area (TPSA) is 43.1 Å². The quantitative estimate of drug-likeness (QED) is 0.784. The van der Waals surface area contributed by atoms with Crippen LogP contribution in [0.3, 0.4) is 0 Å². The van der Waals surface area contributed by atoms with Crippen LogP contribution in [-0.4, -0.2) is 5.91 Å². The molecule has 0 fully saturated rings. The summed E-state index contributed by atoms with van der Waals surface area (Å²) in [5.41, 5.74) is 7.99. The minimum atomic E-state index is -0.473. The summed E-state index contributed by atoms with van der Waals surface area (Å²) in [4.78, 5) is 11.0. The SMILES string of the molecule is CC(C)C1C/C(=C/C(N)=O)c2cc(F)ccc21. The second-order valence-electron chi connectivity index (χ2n) is 4.86. The second-order valence-corrected chi connectivity index (χ2v) is 4.86. The Balaban J connectivity index is 2.52. The van der Waals surface area contributed by atoms with Crippen LogP contribution in [0.5, 0.6) is 0 Å². The van der Waals surface area contributed by atoms with Gasteiger partial charge in [-0.2, -0.15) is 0 Å². The summed E-state index contributed by atoms with van der Waals surface area (Å²) in [6.45, 7) is 4.26. The van der Waals surface area contributed by atoms with Gasteiger partial charge >= 0.3 is 0 Å². The van der Waals surface area contributed by atoms with E-state index in [1.807, 2.05) is 6.07 Å². The van der Waals surface area contributed by atoms with Crippen molar-refractivity contribution >= 4 is 11.5 Å². The first-order valence-electron chi connectivity index (χ1n) is 5.79. The number of allylic oxidation sites excluding steroid dienone is 1. The molecule has 0 radical (unpaired) electrons. The molecule has 1 aromatic carbocycles. The average Bonchev–Trinajstić information content (AvgIpc) is 2.56. The third kappa shape index (κ3) is 2.23. The molecule has 0 aliphatic heterocycles. The van der Waals surface area contributed by atoms with Crippen molar-refractivity contribution in [3.63, 3.8) is 0 Å². The highest BCUT2D eigenvalue weighted by Gasteiger charge is 2.29. The summed E-state index contributed by atoms with van der Waals surface area (Å²) in [6.07, 6.45) is 2.18. The lowest BCUT2D eigenvalue weighted by molar-refractivity contribution is -0.113. The zero-order chi connectivity index (χ0) is 12.6. The van der Waals surface area contributed by atoms with Crippen LogP contribution in [0.15, 0.2) is 24.3 Å². The maximum absolute atomic E-state index is 13.3. The number of fused-ring (bicyclic) bond motifs is 1. The summed E-state index contributed by atoms with van der Waals surface area (Å²) < 4.78 is 13.3. The Morgan fingerprint density at radius 1 is 1.53 bits per heavy atom. The number of hydrogen-bond acceptors (Lipinski definition) is 1. The molecular weight excluding hydrogens is 217 g/mol. The number of carbonyl (C=O) groups excluding carboxylic acids is 1. The summed E-state index contributed by atoms with van der Waals surface area (Å²) in [5, 5.41) is 0. The average molecular weight is 233 g/mol. The fraction of sp³-hybridized carbons (Fsp3) is 0.357. The molecule has 0 spiro atoms. The molecule has 0 saturated carbocycles. The van der Waals surface area contributed by atoms with Gasteiger partial charge in [0.2, 0.25) is 5.91 Å². The largest absolute Gasteiger partial charge is 0.366 e. The van der Waals surface area contributed by atoms with E-state index in [-0.39, 0.29) is 5.82 Å². The van der Waals surface area contributed by atoms with Gasteiger partial charge in [0.05, 0.1) is 0 Å². The molecule has 2 rings (SSSR count). The van der Waals surface area contributed by atoms with Crippen LogP contribution in [0, 0.1) is 11.7 Å². The van der Waals surface area contributed by atoms with E-state index >= 15 is 0 Å². The third-order valence-corrected chi connectivity index (χ3v) is 3.32. The highest BCUT2D eigenvalue weighted by Crippen LogP contribution is 2.44. The van der Waals surface area contributed by atoms with Crippen molar-refractivity contribution in [1.29, 1.82) is 0 Å². The maximum Gasteiger partial charge on any atom is 0.241 e. The molecule has 1 aromatic rings. The Kier molecular flexibility index (Phi) is 3.01. The Bertz CT molecular complexity index is 491. The molecule has 0 heterocycles. The molecule has 17 heavy (non-hydrogen) atoms. The van der Waals surface area contributed by atoms with Crippen LogP contribution in [0.4, 0.5) is 4.39 Å². The fourth-order valence-electron chi connectivity index (χ4n) is 2.49. The maximum atomic E-state index is 13.3. The van der Waals surface area contributed by atoms with E-state index in [1.54, 1.807) is 0 Å². The Morgan fingerprint density at radius 2 is 2.24 bits per heavy atom. The standard InChI is InChI=1S/C14H16FNO/c1-8(2)12-5-9(6-14(16)17)13-7-10(15)3-4-11(12)13/h3-4,6-8,12H,5H2,1-2H3,(H2,16,17)/b9-6-. The van der Waals surface area contributed by atoms with E-state index in [2.05, 4.69) is 13.8 Å². The molecule has 2 nitrogen and oxygen atoms in total. The summed E-state index contributed by atoms with van der Waals surface area (Å²) in [6, 6.07) is 4.78. The van der Waals surface area contributed by atoms with Crippen LogP contribution in [0.25, 0.3) is 5.57 Å². The van der Waals surface area contributed by atoms with E-state index in [4.69, 9.17) is 5.73 Å². The van der Waals surface area contributed by atoms with Crippen molar-refractivity contribution in [2.24, 2.45) is 11.7 Å². The van der Waals surface area contributed by atoms with E-state index in [0.29, 0.717) is 11.8 Å². The van der Waals surface area contributed by atoms with Crippen LogP contribution in [0.1, 0.15) is 37.3 Å². The van der Waals surface area contributed by atoms with Crippen molar-refractivity contribution in [3.8, 4) is 0 Å². The molecule has 90 valence electrons. The van der Waals surface area contributed by atoms with Gasteiger partial charge in [0.15, 0.2) is 0 Å². The van der Waals surface area contributed by atoms with Gasteiger partial charge in [0, 0.05) is 6.08 Å². The normalized spacial score (nSPS) is 20.9. The minimum absolute atomic E-state index is 0.275. The molecule has 1 atom stereocenters. The summed E-state index contributed by atoms with van der Waals surface area (Å²) in [7, 11) is 0. The molecule has 1 aliphatic rings. The van der Waals surface area contributed by atoms with Gasteiger partial charge in [-0.1, -0.05) is 19.9 Å². The first-order chi connectivity index (χ1) is 7.99. The number of amides is 1. The smallest absolute Gasteiger partial charge is 0.241 e. The highest BCUT2D eigenvalue weighted by atomic mass is 19.1. The van der Waals surface area contributed by atoms with Crippen molar-refractivity contribution in [2.75, 3.05) is 0 Å². The van der Waals surface area contributed by atoms with Gasteiger partial charge in [-0.3, -0.25) is 4.79 Å². The highest BCUT2D eigenvalue weighted by molar-refractivity contribution is 5.95. The van der Waals surface area contributed by atoms with Gasteiger partial charge in [0.25, 0.3) is 0 Å². The second kappa shape index (κ2) is 4.32. The Labute approximate surface area is 100 Å². The van der Waals surface area contributed by atoms with Crippen molar-refractivity contribution in [2.45, 2.75) is 26.2 Å². The van der Waals surface area contributed by atoms with E-state index in [9.17, 15) is 9.18 Å². The molecule has 2 N–H and O–H groups in total. The van der Waals surface area contributed by atoms with Crippen LogP contribution >= 0.6 is 0 Å². The van der Waals surface area contributed by atoms with E-state index in [1.165, 1.54) is 18.2 Å². The Morgan fingerprint density at radius 3 is 2.82 bits per heavy atom. The molecule has 0 bridgehead atoms. The number of primary amides is 1. The summed E-state index contributed by atoms with van der Waals surface area (Å²) in [5.74, 6) is 0.0531. The van der Waals surface area contributed by atoms with Crippen LogP contribution in [0.2, 0.25) is 0 Å². The number of hydrogen-bond donors (Lipinski definition) is 1. The zero-order valence-corrected chi connectivity index (χ0v) is 10.0. The van der Waals surface area contributed by atoms with Gasteiger partial charge in [0.1, 0.15) is 5.82 Å². The molecular formula is C14H16FNO. The predicted octanol–water partition coefficient (Wildman–Crippen LogP) is 2.84. The van der Waals surface area contributed by atoms with Crippen LogP contribution < -0.4 is 5.73 Å². The number of nitrogens with two attached hydrogens (primary N) is 1. The van der Waals surface area contributed by atoms with Gasteiger partial charge in [-0.05, 0) is 47.1 Å². The molecule has 1 amide bonds. The first-order valence-corrected chi connectivity index (χ1v) is 5.79. The third-order valence-electron chi connectivity index (χ3n) is 3.32. The lowest BCUT2D eigenvalue weighted by Crippen LogP contribution is -2.06. The summed E-state index contributed by atoms with van der Waals surface area (Å²) >= 11 is 0. The molecule has 3 heteroatoms. The molecule has 1 aliphatic carbocycles. The van der Waals surface area contributed by atoms with Gasteiger partial charge in [-0.25, -0.2) is 4.39 Å². The lowest BCUT2D eigenvalue weighted by atomic mass is 9.90. The van der Waals surface area contributed by atoms with Crippen molar-refractivity contribution < 1.29 is 9.18 Å². The molecule has 1 unspecified atom stereocenters.